The van der Waals surface area contributed by atoms with Crippen molar-refractivity contribution >= 4 is 29.3 Å². The van der Waals surface area contributed by atoms with Crippen molar-refractivity contribution in [2.45, 2.75) is 30.9 Å². The van der Waals surface area contributed by atoms with Crippen LogP contribution >= 0.6 is 23.4 Å². The average Bonchev–Trinajstić information content (AvgIpc) is 3.08. The zero-order valence-electron chi connectivity index (χ0n) is 14.4. The third kappa shape index (κ3) is 4.65. The number of halogens is 1. The first-order chi connectivity index (χ1) is 12.7. The van der Waals surface area contributed by atoms with Gasteiger partial charge in [0.05, 0.1) is 6.54 Å². The molecule has 3 aromatic rings. The Morgan fingerprint density at radius 3 is 2.54 bits per heavy atom. The van der Waals surface area contributed by atoms with Crippen LogP contribution in [0.3, 0.4) is 0 Å². The fraction of sp³-hybridized carbons (Fsp3) is 0.211. The Labute approximate surface area is 161 Å². The molecule has 0 bridgehead atoms. The van der Waals surface area contributed by atoms with E-state index in [1.165, 1.54) is 5.56 Å². The number of thioether (sulfide) groups is 1. The van der Waals surface area contributed by atoms with E-state index in [9.17, 15) is 4.79 Å². The average molecular weight is 387 g/mol. The maximum atomic E-state index is 12.2. The van der Waals surface area contributed by atoms with Crippen LogP contribution in [0.1, 0.15) is 28.7 Å². The van der Waals surface area contributed by atoms with E-state index in [2.05, 4.69) is 15.5 Å². The fourth-order valence-corrected chi connectivity index (χ4v) is 3.56. The molecule has 0 aliphatic rings. The van der Waals surface area contributed by atoms with E-state index in [1.807, 2.05) is 54.0 Å². The number of rotatable bonds is 7. The number of hydrogen-bond acceptors (Lipinski definition) is 4. The standard InChI is InChI=1S/C19H19ClN4OS/c1-2-24-17(12-21-18(25)15-6-4-3-5-7-15)22-23-19(24)26-13-14-8-10-16(20)11-9-14/h3-11H,2,12-13H2,1H3,(H,21,25). The van der Waals surface area contributed by atoms with Crippen molar-refractivity contribution < 1.29 is 4.79 Å². The number of amides is 1. The van der Waals surface area contributed by atoms with Gasteiger partial charge in [0.1, 0.15) is 0 Å². The highest BCUT2D eigenvalue weighted by molar-refractivity contribution is 7.98. The van der Waals surface area contributed by atoms with Crippen molar-refractivity contribution in [3.8, 4) is 0 Å². The summed E-state index contributed by atoms with van der Waals surface area (Å²) in [6.07, 6.45) is 0. The van der Waals surface area contributed by atoms with Crippen molar-refractivity contribution in [3.63, 3.8) is 0 Å². The number of carbonyl (C=O) groups is 1. The molecule has 0 spiro atoms. The van der Waals surface area contributed by atoms with Crippen molar-refractivity contribution in [3.05, 3.63) is 76.6 Å². The molecule has 1 heterocycles. The summed E-state index contributed by atoms with van der Waals surface area (Å²) in [5, 5.41) is 13.0. The lowest BCUT2D eigenvalue weighted by Crippen LogP contribution is -2.24. The molecule has 1 amide bonds. The van der Waals surface area contributed by atoms with E-state index in [-0.39, 0.29) is 5.91 Å². The zero-order valence-corrected chi connectivity index (χ0v) is 15.9. The van der Waals surface area contributed by atoms with E-state index < -0.39 is 0 Å². The second-order valence-corrected chi connectivity index (χ2v) is 6.99. The molecule has 3 rings (SSSR count). The number of carbonyl (C=O) groups excluding carboxylic acids is 1. The highest BCUT2D eigenvalue weighted by atomic mass is 35.5. The van der Waals surface area contributed by atoms with Crippen molar-refractivity contribution in [1.29, 1.82) is 0 Å². The monoisotopic (exact) mass is 386 g/mol. The Hall–Kier alpha value is -2.31. The van der Waals surface area contributed by atoms with Crippen LogP contribution in [0.5, 0.6) is 0 Å². The van der Waals surface area contributed by atoms with Gasteiger partial charge in [-0.05, 0) is 36.8 Å². The molecular formula is C19H19ClN4OS. The lowest BCUT2D eigenvalue weighted by atomic mass is 10.2. The van der Waals surface area contributed by atoms with Crippen LogP contribution < -0.4 is 5.32 Å². The summed E-state index contributed by atoms with van der Waals surface area (Å²) in [7, 11) is 0. The van der Waals surface area contributed by atoms with Crippen LogP contribution in [-0.4, -0.2) is 20.7 Å². The van der Waals surface area contributed by atoms with Crippen molar-refractivity contribution in [2.75, 3.05) is 0 Å². The molecule has 2 aromatic carbocycles. The van der Waals surface area contributed by atoms with Gasteiger partial charge < -0.3 is 9.88 Å². The molecule has 0 fully saturated rings. The number of nitrogens with zero attached hydrogens (tertiary/aromatic N) is 3. The van der Waals surface area contributed by atoms with Gasteiger partial charge in [0.2, 0.25) is 0 Å². The van der Waals surface area contributed by atoms with Gasteiger partial charge in [0.25, 0.3) is 5.91 Å². The first kappa shape index (κ1) is 18.5. The number of nitrogens with one attached hydrogen (secondary N) is 1. The summed E-state index contributed by atoms with van der Waals surface area (Å²) >= 11 is 7.53. The summed E-state index contributed by atoms with van der Waals surface area (Å²) in [6.45, 7) is 3.13. The Morgan fingerprint density at radius 1 is 1.12 bits per heavy atom. The largest absolute Gasteiger partial charge is 0.345 e. The quantitative estimate of drug-likeness (QED) is 0.619. The van der Waals surface area contributed by atoms with Gasteiger partial charge in [-0.1, -0.05) is 53.7 Å². The fourth-order valence-electron chi connectivity index (χ4n) is 2.45. The maximum absolute atomic E-state index is 12.2. The van der Waals surface area contributed by atoms with Gasteiger partial charge in [-0.15, -0.1) is 10.2 Å². The second kappa shape index (κ2) is 8.87. The van der Waals surface area contributed by atoms with Crippen LogP contribution in [0.2, 0.25) is 5.02 Å². The summed E-state index contributed by atoms with van der Waals surface area (Å²) in [4.78, 5) is 12.2. The van der Waals surface area contributed by atoms with E-state index in [0.29, 0.717) is 12.1 Å². The third-order valence-electron chi connectivity index (χ3n) is 3.83. The Bertz CT molecular complexity index is 865. The summed E-state index contributed by atoms with van der Waals surface area (Å²) in [5.41, 5.74) is 1.80. The molecule has 0 saturated heterocycles. The van der Waals surface area contributed by atoms with Gasteiger partial charge >= 0.3 is 0 Å². The molecule has 5 nitrogen and oxygen atoms in total. The number of aromatic nitrogens is 3. The number of benzene rings is 2. The van der Waals surface area contributed by atoms with Crippen LogP contribution in [0.15, 0.2) is 59.8 Å². The summed E-state index contributed by atoms with van der Waals surface area (Å²) in [5.74, 6) is 1.41. The van der Waals surface area contributed by atoms with E-state index >= 15 is 0 Å². The van der Waals surface area contributed by atoms with E-state index in [0.717, 1.165) is 28.3 Å². The molecule has 26 heavy (non-hydrogen) atoms. The Balaban J connectivity index is 1.62. The summed E-state index contributed by atoms with van der Waals surface area (Å²) in [6, 6.07) is 16.9. The van der Waals surface area contributed by atoms with Crippen LogP contribution in [0, 0.1) is 0 Å². The first-order valence-corrected chi connectivity index (χ1v) is 9.66. The molecule has 1 N–H and O–H groups in total. The Kier molecular flexibility index (Phi) is 6.30. The highest BCUT2D eigenvalue weighted by Gasteiger charge is 2.13. The van der Waals surface area contributed by atoms with Gasteiger partial charge in [0.15, 0.2) is 11.0 Å². The van der Waals surface area contributed by atoms with E-state index in [4.69, 9.17) is 11.6 Å². The lowest BCUT2D eigenvalue weighted by Gasteiger charge is -2.08. The van der Waals surface area contributed by atoms with E-state index in [1.54, 1.807) is 23.9 Å². The minimum atomic E-state index is -0.119. The van der Waals surface area contributed by atoms with Gasteiger partial charge in [-0.3, -0.25) is 4.79 Å². The predicted octanol–water partition coefficient (Wildman–Crippen LogP) is 4.17. The van der Waals surface area contributed by atoms with Gasteiger partial charge in [-0.2, -0.15) is 0 Å². The van der Waals surface area contributed by atoms with Crippen LogP contribution in [0.4, 0.5) is 0 Å². The lowest BCUT2D eigenvalue weighted by molar-refractivity contribution is 0.0949. The minimum Gasteiger partial charge on any atom is -0.345 e. The normalized spacial score (nSPS) is 10.7. The summed E-state index contributed by atoms with van der Waals surface area (Å²) < 4.78 is 2.02. The van der Waals surface area contributed by atoms with Crippen LogP contribution in [0.25, 0.3) is 0 Å². The number of hydrogen-bond donors (Lipinski definition) is 1. The molecule has 0 radical (unpaired) electrons. The minimum absolute atomic E-state index is 0.119. The third-order valence-corrected chi connectivity index (χ3v) is 5.12. The smallest absolute Gasteiger partial charge is 0.251 e. The van der Waals surface area contributed by atoms with Crippen LogP contribution in [-0.2, 0) is 18.8 Å². The molecule has 134 valence electrons. The predicted molar refractivity (Wildman–Crippen MR) is 104 cm³/mol. The first-order valence-electron chi connectivity index (χ1n) is 8.30. The second-order valence-electron chi connectivity index (χ2n) is 5.61. The van der Waals surface area contributed by atoms with Gasteiger partial charge in [0, 0.05) is 22.9 Å². The molecule has 0 saturated carbocycles. The molecule has 0 atom stereocenters. The van der Waals surface area contributed by atoms with Crippen molar-refractivity contribution in [2.24, 2.45) is 0 Å². The SMILES string of the molecule is CCn1c(CNC(=O)c2ccccc2)nnc1SCc1ccc(Cl)cc1. The molecule has 1 aromatic heterocycles. The molecule has 0 aliphatic heterocycles. The molecular weight excluding hydrogens is 368 g/mol. The topological polar surface area (TPSA) is 59.8 Å². The molecule has 7 heteroatoms. The molecule has 0 unspecified atom stereocenters. The van der Waals surface area contributed by atoms with Gasteiger partial charge in [-0.25, -0.2) is 0 Å². The molecule has 0 aliphatic carbocycles. The Morgan fingerprint density at radius 2 is 1.85 bits per heavy atom. The zero-order chi connectivity index (χ0) is 18.4. The highest BCUT2D eigenvalue weighted by Crippen LogP contribution is 2.23. The maximum Gasteiger partial charge on any atom is 0.251 e. The van der Waals surface area contributed by atoms with Crippen molar-refractivity contribution in [1.82, 2.24) is 20.1 Å².